The van der Waals surface area contributed by atoms with Crippen LogP contribution >= 0.6 is 15.9 Å². The summed E-state index contributed by atoms with van der Waals surface area (Å²) in [5, 5.41) is 7.55. The highest BCUT2D eigenvalue weighted by Crippen LogP contribution is 2.36. The van der Waals surface area contributed by atoms with Gasteiger partial charge in [0, 0.05) is 13.1 Å². The van der Waals surface area contributed by atoms with Gasteiger partial charge < -0.3 is 5.32 Å². The minimum Gasteiger partial charge on any atom is -0.382 e. The van der Waals surface area contributed by atoms with Crippen LogP contribution in [-0.2, 0) is 6.54 Å². The molecule has 0 atom stereocenters. The van der Waals surface area contributed by atoms with Crippen LogP contribution in [-0.4, -0.2) is 16.3 Å². The zero-order valence-corrected chi connectivity index (χ0v) is 13.3. The van der Waals surface area contributed by atoms with E-state index in [9.17, 15) is 4.79 Å². The van der Waals surface area contributed by atoms with Crippen LogP contribution in [0.5, 0.6) is 0 Å². The third-order valence-corrected chi connectivity index (χ3v) is 4.82. The van der Waals surface area contributed by atoms with Crippen molar-refractivity contribution >= 4 is 21.6 Å². The molecule has 0 aliphatic heterocycles. The molecule has 0 radical (unpaired) electrons. The Kier molecular flexibility index (Phi) is 4.66. The standard InChI is InChI=1S/C14H22BrN3O/c1-3-18-13(19)12(15)11(9-17-18)16-10-14(2)7-5-4-6-8-14/h9,16H,3-8,10H2,1-2H3. The van der Waals surface area contributed by atoms with Gasteiger partial charge in [-0.3, -0.25) is 4.79 Å². The van der Waals surface area contributed by atoms with E-state index >= 15 is 0 Å². The summed E-state index contributed by atoms with van der Waals surface area (Å²) < 4.78 is 2.04. The Bertz CT molecular complexity index is 492. The highest BCUT2D eigenvalue weighted by atomic mass is 79.9. The number of aromatic nitrogens is 2. The molecule has 0 aromatic carbocycles. The van der Waals surface area contributed by atoms with E-state index in [1.165, 1.54) is 36.8 Å². The maximum atomic E-state index is 12.0. The van der Waals surface area contributed by atoms with Gasteiger partial charge in [-0.15, -0.1) is 0 Å². The smallest absolute Gasteiger partial charge is 0.283 e. The average Bonchev–Trinajstić information content (AvgIpc) is 2.41. The number of halogens is 1. The van der Waals surface area contributed by atoms with Gasteiger partial charge in [-0.2, -0.15) is 5.10 Å². The van der Waals surface area contributed by atoms with Crippen LogP contribution in [0.3, 0.4) is 0 Å². The fraction of sp³-hybridized carbons (Fsp3) is 0.714. The SMILES string of the molecule is CCn1ncc(NCC2(C)CCCCC2)c(Br)c1=O. The van der Waals surface area contributed by atoms with Gasteiger partial charge in [-0.05, 0) is 41.1 Å². The van der Waals surface area contributed by atoms with Gasteiger partial charge >= 0.3 is 0 Å². The molecule has 1 aliphatic rings. The summed E-state index contributed by atoms with van der Waals surface area (Å²) in [6.45, 7) is 5.74. The van der Waals surface area contributed by atoms with Gasteiger partial charge in [0.2, 0.25) is 0 Å². The zero-order chi connectivity index (χ0) is 13.9. The summed E-state index contributed by atoms with van der Waals surface area (Å²) in [7, 11) is 0. The predicted octanol–water partition coefficient (Wildman–Crippen LogP) is 3.41. The van der Waals surface area contributed by atoms with Crippen molar-refractivity contribution in [2.45, 2.75) is 52.5 Å². The molecule has 2 rings (SSSR count). The number of hydrogen-bond acceptors (Lipinski definition) is 3. The Labute approximate surface area is 122 Å². The molecule has 1 aliphatic carbocycles. The third-order valence-electron chi connectivity index (χ3n) is 4.05. The van der Waals surface area contributed by atoms with Crippen LogP contribution in [0, 0.1) is 5.41 Å². The van der Waals surface area contributed by atoms with Gasteiger partial charge in [-0.1, -0.05) is 26.2 Å². The summed E-state index contributed by atoms with van der Waals surface area (Å²) in [6.07, 6.45) is 8.24. The highest BCUT2D eigenvalue weighted by Gasteiger charge is 2.26. The lowest BCUT2D eigenvalue weighted by atomic mass is 9.76. The summed E-state index contributed by atoms with van der Waals surface area (Å²) >= 11 is 3.38. The van der Waals surface area contributed by atoms with E-state index in [2.05, 4.69) is 33.3 Å². The van der Waals surface area contributed by atoms with Crippen LogP contribution in [0.4, 0.5) is 5.69 Å². The fourth-order valence-corrected chi connectivity index (χ4v) is 3.15. The second kappa shape index (κ2) is 6.07. The lowest BCUT2D eigenvalue weighted by molar-refractivity contribution is 0.233. The molecule has 4 nitrogen and oxygen atoms in total. The second-order valence-corrected chi connectivity index (χ2v) is 6.51. The maximum absolute atomic E-state index is 12.0. The molecule has 5 heteroatoms. The molecule has 0 unspecified atom stereocenters. The first-order valence-corrected chi connectivity index (χ1v) is 7.84. The number of nitrogens with one attached hydrogen (secondary N) is 1. The van der Waals surface area contributed by atoms with Crippen molar-refractivity contribution in [2.75, 3.05) is 11.9 Å². The molecule has 1 heterocycles. The van der Waals surface area contributed by atoms with E-state index in [1.54, 1.807) is 6.20 Å². The Morgan fingerprint density at radius 2 is 2.11 bits per heavy atom. The molecule has 19 heavy (non-hydrogen) atoms. The minimum absolute atomic E-state index is 0.0682. The molecule has 1 aromatic heterocycles. The number of hydrogen-bond donors (Lipinski definition) is 1. The first-order chi connectivity index (χ1) is 9.06. The Morgan fingerprint density at radius 3 is 2.74 bits per heavy atom. The van der Waals surface area contributed by atoms with Crippen molar-refractivity contribution < 1.29 is 0 Å². The molecule has 0 bridgehead atoms. The quantitative estimate of drug-likeness (QED) is 0.921. The van der Waals surface area contributed by atoms with E-state index in [-0.39, 0.29) is 5.56 Å². The lowest BCUT2D eigenvalue weighted by Gasteiger charge is -2.34. The van der Waals surface area contributed by atoms with Crippen LogP contribution in [0.2, 0.25) is 0 Å². The summed E-state index contributed by atoms with van der Waals surface area (Å²) in [5.41, 5.74) is 1.08. The monoisotopic (exact) mass is 327 g/mol. The highest BCUT2D eigenvalue weighted by molar-refractivity contribution is 9.10. The first-order valence-electron chi connectivity index (χ1n) is 7.05. The van der Waals surface area contributed by atoms with Gasteiger partial charge in [0.15, 0.2) is 0 Å². The lowest BCUT2D eigenvalue weighted by Crippen LogP contribution is -2.30. The molecule has 1 saturated carbocycles. The van der Waals surface area contributed by atoms with Gasteiger partial charge in [-0.25, -0.2) is 4.68 Å². The average molecular weight is 328 g/mol. The van der Waals surface area contributed by atoms with Crippen molar-refractivity contribution in [1.29, 1.82) is 0 Å². The largest absolute Gasteiger partial charge is 0.382 e. The van der Waals surface area contributed by atoms with Crippen LogP contribution in [0.25, 0.3) is 0 Å². The number of anilines is 1. The number of aryl methyl sites for hydroxylation is 1. The Hall–Kier alpha value is -0.840. The van der Waals surface area contributed by atoms with Crippen molar-refractivity contribution in [2.24, 2.45) is 5.41 Å². The number of nitrogens with zero attached hydrogens (tertiary/aromatic N) is 2. The van der Waals surface area contributed by atoms with E-state index in [0.29, 0.717) is 16.4 Å². The minimum atomic E-state index is -0.0682. The topological polar surface area (TPSA) is 46.9 Å². The van der Waals surface area contributed by atoms with Crippen LogP contribution < -0.4 is 10.9 Å². The van der Waals surface area contributed by atoms with E-state index in [1.807, 2.05) is 6.92 Å². The zero-order valence-electron chi connectivity index (χ0n) is 11.7. The normalized spacial score (nSPS) is 18.3. The molecule has 1 aromatic rings. The Balaban J connectivity index is 2.07. The molecule has 0 saturated heterocycles. The molecule has 0 spiro atoms. The maximum Gasteiger partial charge on any atom is 0.283 e. The molecule has 1 fully saturated rings. The molecular formula is C14H22BrN3O. The van der Waals surface area contributed by atoms with Crippen LogP contribution in [0.1, 0.15) is 46.0 Å². The number of rotatable bonds is 4. The first kappa shape index (κ1) is 14.6. The molecule has 0 amide bonds. The van der Waals surface area contributed by atoms with Crippen molar-refractivity contribution in [3.8, 4) is 0 Å². The second-order valence-electron chi connectivity index (χ2n) is 5.72. The van der Waals surface area contributed by atoms with Crippen LogP contribution in [0.15, 0.2) is 15.5 Å². The predicted molar refractivity (Wildman–Crippen MR) is 81.6 cm³/mol. The van der Waals surface area contributed by atoms with Gasteiger partial charge in [0.25, 0.3) is 5.56 Å². The molecular weight excluding hydrogens is 306 g/mol. The van der Waals surface area contributed by atoms with E-state index in [0.717, 1.165) is 12.2 Å². The summed E-state index contributed by atoms with van der Waals surface area (Å²) in [5.74, 6) is 0. The van der Waals surface area contributed by atoms with E-state index < -0.39 is 0 Å². The molecule has 106 valence electrons. The summed E-state index contributed by atoms with van der Waals surface area (Å²) in [6, 6.07) is 0. The third kappa shape index (κ3) is 3.38. The van der Waals surface area contributed by atoms with Crippen molar-refractivity contribution in [3.63, 3.8) is 0 Å². The van der Waals surface area contributed by atoms with Crippen molar-refractivity contribution in [1.82, 2.24) is 9.78 Å². The summed E-state index contributed by atoms with van der Waals surface area (Å²) in [4.78, 5) is 12.0. The van der Waals surface area contributed by atoms with E-state index in [4.69, 9.17) is 0 Å². The fourth-order valence-electron chi connectivity index (χ4n) is 2.70. The van der Waals surface area contributed by atoms with Gasteiger partial charge in [0.1, 0.15) is 4.47 Å². The van der Waals surface area contributed by atoms with Gasteiger partial charge in [0.05, 0.1) is 11.9 Å². The molecule has 1 N–H and O–H groups in total. The Morgan fingerprint density at radius 1 is 1.42 bits per heavy atom. The van der Waals surface area contributed by atoms with Crippen molar-refractivity contribution in [3.05, 3.63) is 21.0 Å².